The van der Waals surface area contributed by atoms with Crippen molar-refractivity contribution in [1.82, 2.24) is 4.90 Å². The minimum Gasteiger partial charge on any atom is -0.295 e. The fraction of sp³-hybridized carbons (Fsp3) is 0.278. The van der Waals surface area contributed by atoms with Crippen molar-refractivity contribution in [3.05, 3.63) is 71.3 Å². The molecule has 0 aliphatic carbocycles. The molecule has 0 N–H and O–H groups in total. The Bertz CT molecular complexity index is 545. The molecule has 0 saturated carbocycles. The second kappa shape index (κ2) is 7.01. The lowest BCUT2D eigenvalue weighted by Gasteiger charge is -2.20. The largest absolute Gasteiger partial charge is 0.295 e. The Hall–Kier alpha value is -1.93. The van der Waals surface area contributed by atoms with Crippen LogP contribution in [0, 0.1) is 0 Å². The summed E-state index contributed by atoms with van der Waals surface area (Å²) in [6.07, 6.45) is 0. The van der Waals surface area contributed by atoms with Crippen molar-refractivity contribution in [2.75, 3.05) is 6.54 Å². The van der Waals surface area contributed by atoms with Crippen LogP contribution < -0.4 is 0 Å². The van der Waals surface area contributed by atoms with E-state index in [2.05, 4.69) is 36.1 Å². The Kier molecular flexibility index (Phi) is 5.08. The Morgan fingerprint density at radius 2 is 1.45 bits per heavy atom. The van der Waals surface area contributed by atoms with Crippen molar-refractivity contribution in [3.63, 3.8) is 0 Å². The molecule has 0 fully saturated rings. The van der Waals surface area contributed by atoms with Crippen LogP contribution in [-0.2, 0) is 13.1 Å². The van der Waals surface area contributed by atoms with Crippen molar-refractivity contribution >= 4 is 5.78 Å². The van der Waals surface area contributed by atoms with Crippen LogP contribution in [0.1, 0.15) is 35.3 Å². The van der Waals surface area contributed by atoms with Crippen LogP contribution >= 0.6 is 0 Å². The van der Waals surface area contributed by atoms with E-state index < -0.39 is 0 Å². The molecule has 0 unspecified atom stereocenters. The highest BCUT2D eigenvalue weighted by Gasteiger charge is 2.05. The van der Waals surface area contributed by atoms with Gasteiger partial charge in [0.25, 0.3) is 0 Å². The number of Topliss-reactive ketones (excluding diaryl/α,β-unsaturated/α-hetero) is 1. The highest BCUT2D eigenvalue weighted by molar-refractivity contribution is 5.93. The third-order valence-electron chi connectivity index (χ3n) is 3.46. The van der Waals surface area contributed by atoms with Crippen LogP contribution in [0.4, 0.5) is 0 Å². The van der Waals surface area contributed by atoms with Gasteiger partial charge in [-0.15, -0.1) is 0 Å². The van der Waals surface area contributed by atoms with Crippen molar-refractivity contribution in [2.24, 2.45) is 0 Å². The van der Waals surface area contributed by atoms with Crippen molar-refractivity contribution in [1.29, 1.82) is 0 Å². The molecule has 2 rings (SSSR count). The fourth-order valence-electron chi connectivity index (χ4n) is 2.22. The van der Waals surface area contributed by atoms with E-state index in [-0.39, 0.29) is 5.78 Å². The van der Waals surface area contributed by atoms with E-state index in [1.807, 2.05) is 30.3 Å². The van der Waals surface area contributed by atoms with Gasteiger partial charge in [-0.05, 0) is 24.6 Å². The van der Waals surface area contributed by atoms with Gasteiger partial charge < -0.3 is 0 Å². The van der Waals surface area contributed by atoms with Gasteiger partial charge in [0.2, 0.25) is 0 Å². The van der Waals surface area contributed by atoms with Crippen LogP contribution in [-0.4, -0.2) is 17.2 Å². The summed E-state index contributed by atoms with van der Waals surface area (Å²) in [6, 6.07) is 18.4. The predicted octanol–water partition coefficient (Wildman–Crippen LogP) is 3.91. The number of carbonyl (C=O) groups is 1. The van der Waals surface area contributed by atoms with E-state index in [0.717, 1.165) is 25.2 Å². The maximum atomic E-state index is 11.3. The van der Waals surface area contributed by atoms with Gasteiger partial charge in [-0.1, -0.05) is 61.5 Å². The van der Waals surface area contributed by atoms with Gasteiger partial charge in [-0.25, -0.2) is 0 Å². The molecule has 2 heteroatoms. The second-order valence-corrected chi connectivity index (χ2v) is 5.04. The molecule has 2 aromatic carbocycles. The molecule has 0 atom stereocenters. The highest BCUT2D eigenvalue weighted by Crippen LogP contribution is 2.11. The van der Waals surface area contributed by atoms with Gasteiger partial charge in [0.15, 0.2) is 5.78 Å². The number of nitrogens with zero attached hydrogens (tertiary/aromatic N) is 1. The Balaban J connectivity index is 2.01. The fourth-order valence-corrected chi connectivity index (χ4v) is 2.22. The zero-order valence-corrected chi connectivity index (χ0v) is 12.2. The molecule has 2 nitrogen and oxygen atoms in total. The monoisotopic (exact) mass is 267 g/mol. The van der Waals surface area contributed by atoms with E-state index in [0.29, 0.717) is 0 Å². The van der Waals surface area contributed by atoms with E-state index in [1.165, 1.54) is 11.1 Å². The number of benzene rings is 2. The molecule has 0 radical (unpaired) electrons. The zero-order chi connectivity index (χ0) is 14.4. The molecule has 0 amide bonds. The summed E-state index contributed by atoms with van der Waals surface area (Å²) >= 11 is 0. The third kappa shape index (κ3) is 4.04. The first-order chi connectivity index (χ1) is 9.69. The normalized spacial score (nSPS) is 10.8. The Morgan fingerprint density at radius 3 is 1.95 bits per heavy atom. The topological polar surface area (TPSA) is 20.3 Å². The maximum Gasteiger partial charge on any atom is 0.159 e. The SMILES string of the molecule is CCN(Cc1ccccc1)Cc1ccc(C(C)=O)cc1. The summed E-state index contributed by atoms with van der Waals surface area (Å²) in [4.78, 5) is 13.7. The maximum absolute atomic E-state index is 11.3. The van der Waals surface area contributed by atoms with Crippen LogP contribution in [0.15, 0.2) is 54.6 Å². The van der Waals surface area contributed by atoms with Gasteiger partial charge in [-0.2, -0.15) is 0 Å². The molecule has 0 spiro atoms. The van der Waals surface area contributed by atoms with E-state index in [9.17, 15) is 4.79 Å². The predicted molar refractivity (Wildman–Crippen MR) is 82.7 cm³/mol. The van der Waals surface area contributed by atoms with Crippen LogP contribution in [0.2, 0.25) is 0 Å². The second-order valence-electron chi connectivity index (χ2n) is 5.04. The van der Waals surface area contributed by atoms with Crippen LogP contribution in [0.5, 0.6) is 0 Å². The minimum atomic E-state index is 0.119. The summed E-state index contributed by atoms with van der Waals surface area (Å²) in [5, 5.41) is 0. The van der Waals surface area contributed by atoms with Gasteiger partial charge in [0.05, 0.1) is 0 Å². The number of carbonyl (C=O) groups excluding carboxylic acids is 1. The van der Waals surface area contributed by atoms with Crippen molar-refractivity contribution < 1.29 is 4.79 Å². The van der Waals surface area contributed by atoms with Crippen LogP contribution in [0.25, 0.3) is 0 Å². The summed E-state index contributed by atoms with van der Waals surface area (Å²) < 4.78 is 0. The highest BCUT2D eigenvalue weighted by atomic mass is 16.1. The molecule has 20 heavy (non-hydrogen) atoms. The zero-order valence-electron chi connectivity index (χ0n) is 12.2. The summed E-state index contributed by atoms with van der Waals surface area (Å²) in [7, 11) is 0. The smallest absolute Gasteiger partial charge is 0.159 e. The Labute approximate surface area is 121 Å². The molecule has 2 aromatic rings. The lowest BCUT2D eigenvalue weighted by Crippen LogP contribution is -2.22. The van der Waals surface area contributed by atoms with E-state index in [1.54, 1.807) is 6.92 Å². The quantitative estimate of drug-likeness (QED) is 0.740. The number of ketones is 1. The molecule has 0 heterocycles. The van der Waals surface area contributed by atoms with Gasteiger partial charge in [0.1, 0.15) is 0 Å². The lowest BCUT2D eigenvalue weighted by molar-refractivity contribution is 0.101. The van der Waals surface area contributed by atoms with Gasteiger partial charge >= 0.3 is 0 Å². The van der Waals surface area contributed by atoms with E-state index in [4.69, 9.17) is 0 Å². The molecule has 0 aromatic heterocycles. The van der Waals surface area contributed by atoms with Gasteiger partial charge in [0, 0.05) is 18.7 Å². The number of hydrogen-bond acceptors (Lipinski definition) is 2. The van der Waals surface area contributed by atoms with Gasteiger partial charge in [-0.3, -0.25) is 9.69 Å². The average molecular weight is 267 g/mol. The number of hydrogen-bond donors (Lipinski definition) is 0. The standard InChI is InChI=1S/C18H21NO/c1-3-19(13-16-7-5-4-6-8-16)14-17-9-11-18(12-10-17)15(2)20/h4-12H,3,13-14H2,1-2H3. The first kappa shape index (κ1) is 14.5. The van der Waals surface area contributed by atoms with Crippen molar-refractivity contribution in [2.45, 2.75) is 26.9 Å². The molecule has 0 bridgehead atoms. The molecular weight excluding hydrogens is 246 g/mol. The molecule has 0 saturated heterocycles. The summed E-state index contributed by atoms with van der Waals surface area (Å²) in [5.41, 5.74) is 3.35. The Morgan fingerprint density at radius 1 is 0.900 bits per heavy atom. The molecule has 0 aliphatic rings. The summed E-state index contributed by atoms with van der Waals surface area (Å²) in [6.45, 7) is 6.63. The van der Waals surface area contributed by atoms with E-state index >= 15 is 0 Å². The first-order valence-corrected chi connectivity index (χ1v) is 7.05. The average Bonchev–Trinajstić information content (AvgIpc) is 2.48. The molecular formula is C18H21NO. The summed E-state index contributed by atoms with van der Waals surface area (Å²) in [5.74, 6) is 0.119. The van der Waals surface area contributed by atoms with Crippen molar-refractivity contribution in [3.8, 4) is 0 Å². The van der Waals surface area contributed by atoms with Crippen LogP contribution in [0.3, 0.4) is 0 Å². The third-order valence-corrected chi connectivity index (χ3v) is 3.46. The molecule has 0 aliphatic heterocycles. The minimum absolute atomic E-state index is 0.119. The molecule has 104 valence electrons. The first-order valence-electron chi connectivity index (χ1n) is 7.05. The lowest BCUT2D eigenvalue weighted by atomic mass is 10.1. The number of rotatable bonds is 6.